The predicted octanol–water partition coefficient (Wildman–Crippen LogP) is 5.49. The van der Waals surface area contributed by atoms with Crippen LogP contribution in [0.4, 0.5) is 10.2 Å². The molecule has 0 saturated heterocycles. The topological polar surface area (TPSA) is 65.4 Å². The molecule has 2 heterocycles. The first-order chi connectivity index (χ1) is 14.1. The zero-order chi connectivity index (χ0) is 20.0. The second-order valence-electron chi connectivity index (χ2n) is 7.49. The monoisotopic (exact) mass is 388 g/mol. The maximum Gasteiger partial charge on any atom is 0.150 e. The van der Waals surface area contributed by atoms with Crippen LogP contribution in [-0.2, 0) is 0 Å². The molecule has 4 aromatic rings. The van der Waals surface area contributed by atoms with Gasteiger partial charge in [-0.15, -0.1) is 0 Å². The molecule has 0 amide bonds. The molecule has 2 aromatic carbocycles. The highest BCUT2D eigenvalue weighted by Gasteiger charge is 2.27. The molecule has 6 heteroatoms. The lowest BCUT2D eigenvalue weighted by Crippen LogP contribution is -2.12. The third-order valence-corrected chi connectivity index (χ3v) is 5.60. The number of hydrogen-bond acceptors (Lipinski definition) is 4. The van der Waals surface area contributed by atoms with Gasteiger partial charge in [0.2, 0.25) is 0 Å². The van der Waals surface area contributed by atoms with E-state index < -0.39 is 5.82 Å². The molecule has 1 fully saturated rings. The molecule has 0 radical (unpaired) electrons. The summed E-state index contributed by atoms with van der Waals surface area (Å²) < 4.78 is 22.9. The Morgan fingerprint density at radius 2 is 2.00 bits per heavy atom. The van der Waals surface area contributed by atoms with Gasteiger partial charge in [-0.2, -0.15) is 0 Å². The summed E-state index contributed by atoms with van der Waals surface area (Å²) in [5.74, 6) is 2.39. The number of imidazole rings is 1. The minimum Gasteiger partial charge on any atom is -0.457 e. The van der Waals surface area contributed by atoms with E-state index in [0.717, 1.165) is 24.2 Å². The molecule has 0 unspecified atom stereocenters. The number of anilines is 1. The summed E-state index contributed by atoms with van der Waals surface area (Å²) in [6.07, 6.45) is 6.88. The average Bonchev–Trinajstić information content (AvgIpc) is 3.03. The number of nitrogens with two attached hydrogens (primary N) is 1. The van der Waals surface area contributed by atoms with Gasteiger partial charge in [0.05, 0.1) is 0 Å². The predicted molar refractivity (Wildman–Crippen MR) is 111 cm³/mol. The van der Waals surface area contributed by atoms with Gasteiger partial charge in [0.1, 0.15) is 40.2 Å². The number of benzene rings is 2. The molecule has 5 rings (SSSR count). The summed E-state index contributed by atoms with van der Waals surface area (Å²) in [5.41, 5.74) is 8.71. The van der Waals surface area contributed by atoms with Crippen molar-refractivity contribution in [2.75, 3.05) is 5.73 Å². The smallest absolute Gasteiger partial charge is 0.150 e. The Kier molecular flexibility index (Phi) is 4.19. The van der Waals surface area contributed by atoms with Crippen LogP contribution in [0.1, 0.15) is 36.6 Å². The van der Waals surface area contributed by atoms with Gasteiger partial charge in [-0.05, 0) is 43.5 Å². The van der Waals surface area contributed by atoms with Gasteiger partial charge in [-0.3, -0.25) is 4.40 Å². The van der Waals surface area contributed by atoms with Crippen molar-refractivity contribution in [3.05, 3.63) is 72.1 Å². The number of nitrogen functional groups attached to an aromatic ring is 1. The van der Waals surface area contributed by atoms with E-state index >= 15 is 4.39 Å². The lowest BCUT2D eigenvalue weighted by molar-refractivity contribution is 0.400. The molecule has 5 nitrogen and oxygen atoms in total. The standard InChI is InChI=1S/C23H21FN4O/c1-14-5-2-3-8-19(14)29-16-9-10-17(18(24)13-16)20-21-22(25)26-11-12-28(21)23(27-20)15-6-4-7-15/h2-3,5,8-13,15H,4,6-7H2,1H3,(H2,25,26). The maximum absolute atomic E-state index is 15.1. The Bertz CT molecular complexity index is 1210. The van der Waals surface area contributed by atoms with Crippen molar-refractivity contribution in [3.63, 3.8) is 0 Å². The van der Waals surface area contributed by atoms with Gasteiger partial charge in [-0.1, -0.05) is 24.6 Å². The molecule has 2 aromatic heterocycles. The van der Waals surface area contributed by atoms with Crippen molar-refractivity contribution in [1.82, 2.24) is 14.4 Å². The third kappa shape index (κ3) is 3.01. The van der Waals surface area contributed by atoms with Crippen molar-refractivity contribution >= 4 is 11.3 Å². The van der Waals surface area contributed by atoms with Crippen molar-refractivity contribution in [2.24, 2.45) is 0 Å². The molecule has 1 aliphatic carbocycles. The van der Waals surface area contributed by atoms with E-state index in [4.69, 9.17) is 15.5 Å². The summed E-state index contributed by atoms with van der Waals surface area (Å²) in [6, 6.07) is 12.5. The van der Waals surface area contributed by atoms with Gasteiger partial charge >= 0.3 is 0 Å². The van der Waals surface area contributed by atoms with Crippen LogP contribution in [-0.4, -0.2) is 14.4 Å². The fraction of sp³-hybridized carbons (Fsp3) is 0.217. The molecular formula is C23H21FN4O. The molecule has 0 spiro atoms. The van der Waals surface area contributed by atoms with E-state index in [9.17, 15) is 0 Å². The number of fused-ring (bicyclic) bond motifs is 1. The quantitative estimate of drug-likeness (QED) is 0.502. The highest BCUT2D eigenvalue weighted by atomic mass is 19.1. The first-order valence-electron chi connectivity index (χ1n) is 9.77. The Hall–Kier alpha value is -3.41. The Morgan fingerprint density at radius 1 is 1.17 bits per heavy atom. The van der Waals surface area contributed by atoms with Gasteiger partial charge in [-0.25, -0.2) is 14.4 Å². The van der Waals surface area contributed by atoms with Gasteiger partial charge in [0.25, 0.3) is 0 Å². The highest BCUT2D eigenvalue weighted by Crippen LogP contribution is 2.40. The first kappa shape index (κ1) is 17.7. The van der Waals surface area contributed by atoms with Crippen LogP contribution in [0.25, 0.3) is 16.8 Å². The average molecular weight is 388 g/mol. The van der Waals surface area contributed by atoms with Crippen LogP contribution in [0, 0.1) is 12.7 Å². The Morgan fingerprint density at radius 3 is 2.72 bits per heavy atom. The number of aromatic nitrogens is 3. The lowest BCUT2D eigenvalue weighted by atomic mass is 9.85. The number of ether oxygens (including phenoxy) is 1. The SMILES string of the molecule is Cc1ccccc1Oc1ccc(-c2nc(C3CCC3)n3ccnc(N)c23)c(F)c1. The molecule has 2 N–H and O–H groups in total. The van der Waals surface area contributed by atoms with Crippen LogP contribution in [0.15, 0.2) is 54.9 Å². The van der Waals surface area contributed by atoms with E-state index in [1.165, 1.54) is 12.5 Å². The minimum absolute atomic E-state index is 0.347. The molecule has 146 valence electrons. The number of aryl methyl sites for hydroxylation is 1. The zero-order valence-corrected chi connectivity index (χ0v) is 16.1. The molecule has 0 bridgehead atoms. The van der Waals surface area contributed by atoms with Gasteiger partial charge < -0.3 is 10.5 Å². The summed E-state index contributed by atoms with van der Waals surface area (Å²) in [7, 11) is 0. The highest BCUT2D eigenvalue weighted by molar-refractivity contribution is 5.85. The van der Waals surface area contributed by atoms with Gasteiger partial charge in [0.15, 0.2) is 0 Å². The summed E-state index contributed by atoms with van der Waals surface area (Å²) in [5, 5.41) is 0. The number of para-hydroxylation sites is 1. The number of nitrogens with zero attached hydrogens (tertiary/aromatic N) is 3. The Labute approximate surface area is 168 Å². The second kappa shape index (κ2) is 6.88. The fourth-order valence-corrected chi connectivity index (χ4v) is 3.78. The Balaban J connectivity index is 1.58. The second-order valence-corrected chi connectivity index (χ2v) is 7.49. The van der Waals surface area contributed by atoms with E-state index in [2.05, 4.69) is 4.98 Å². The van der Waals surface area contributed by atoms with Gasteiger partial charge in [0, 0.05) is 29.9 Å². The van der Waals surface area contributed by atoms with E-state index in [0.29, 0.717) is 40.0 Å². The fourth-order valence-electron chi connectivity index (χ4n) is 3.78. The number of hydrogen-bond donors (Lipinski definition) is 1. The minimum atomic E-state index is -0.403. The maximum atomic E-state index is 15.1. The summed E-state index contributed by atoms with van der Waals surface area (Å²) in [4.78, 5) is 8.99. The molecule has 0 atom stereocenters. The molecular weight excluding hydrogens is 367 g/mol. The first-order valence-corrected chi connectivity index (χ1v) is 9.77. The van der Waals surface area contributed by atoms with E-state index in [-0.39, 0.29) is 0 Å². The third-order valence-electron chi connectivity index (χ3n) is 5.60. The molecule has 1 aliphatic rings. The molecule has 0 aliphatic heterocycles. The normalized spacial score (nSPS) is 14.1. The van der Waals surface area contributed by atoms with Crippen LogP contribution >= 0.6 is 0 Å². The van der Waals surface area contributed by atoms with Crippen LogP contribution in [0.2, 0.25) is 0 Å². The molecule has 29 heavy (non-hydrogen) atoms. The largest absolute Gasteiger partial charge is 0.457 e. The van der Waals surface area contributed by atoms with E-state index in [1.807, 2.05) is 41.8 Å². The van der Waals surface area contributed by atoms with Crippen molar-refractivity contribution < 1.29 is 9.13 Å². The van der Waals surface area contributed by atoms with Crippen molar-refractivity contribution in [1.29, 1.82) is 0 Å². The number of halogens is 1. The van der Waals surface area contributed by atoms with Crippen molar-refractivity contribution in [2.45, 2.75) is 32.1 Å². The van der Waals surface area contributed by atoms with Crippen molar-refractivity contribution in [3.8, 4) is 22.8 Å². The van der Waals surface area contributed by atoms with Crippen LogP contribution < -0.4 is 10.5 Å². The number of rotatable bonds is 4. The van der Waals surface area contributed by atoms with E-state index in [1.54, 1.807) is 18.3 Å². The lowest BCUT2D eigenvalue weighted by Gasteiger charge is -2.23. The summed E-state index contributed by atoms with van der Waals surface area (Å²) >= 11 is 0. The summed E-state index contributed by atoms with van der Waals surface area (Å²) in [6.45, 7) is 1.95. The van der Waals surface area contributed by atoms with Crippen LogP contribution in [0.3, 0.4) is 0 Å². The zero-order valence-electron chi connectivity index (χ0n) is 16.1. The van der Waals surface area contributed by atoms with Crippen LogP contribution in [0.5, 0.6) is 11.5 Å². The molecule has 1 saturated carbocycles.